The Morgan fingerprint density at radius 3 is 2.62 bits per heavy atom. The van der Waals surface area contributed by atoms with E-state index in [0.29, 0.717) is 12.4 Å². The monoisotopic (exact) mass is 363 g/mol. The van der Waals surface area contributed by atoms with Gasteiger partial charge in [-0.25, -0.2) is 0 Å². The first-order valence-corrected chi connectivity index (χ1v) is 9.37. The van der Waals surface area contributed by atoms with Crippen molar-refractivity contribution in [1.82, 2.24) is 9.47 Å². The molecule has 24 heavy (non-hydrogen) atoms. The van der Waals surface area contributed by atoms with E-state index in [-0.39, 0.29) is 11.0 Å². The molecule has 3 N–H and O–H groups in total. The standard InChI is InChI=1S/C16H21N5OS2/c1-10-7-12-13(8-11(10)2)21(9-20-3-5-24-6-4-20)15(22)14(12)18-19-16(17)23/h7-8,22H,3-6,9H2,1-2H3,(H2,17,23). The molecule has 0 aliphatic carbocycles. The Kier molecular flexibility index (Phi) is 5.07. The van der Waals surface area contributed by atoms with Gasteiger partial charge >= 0.3 is 0 Å². The normalized spacial score (nSPS) is 16.2. The number of fused-ring (bicyclic) bond motifs is 1. The summed E-state index contributed by atoms with van der Waals surface area (Å²) in [7, 11) is 0. The van der Waals surface area contributed by atoms with E-state index in [1.165, 1.54) is 5.56 Å². The zero-order chi connectivity index (χ0) is 17.3. The Bertz CT molecular complexity index is 809. The summed E-state index contributed by atoms with van der Waals surface area (Å²) in [4.78, 5) is 2.33. The molecule has 1 saturated heterocycles. The van der Waals surface area contributed by atoms with Crippen molar-refractivity contribution in [2.45, 2.75) is 20.5 Å². The summed E-state index contributed by atoms with van der Waals surface area (Å²) >= 11 is 6.73. The van der Waals surface area contributed by atoms with E-state index in [2.05, 4.69) is 28.1 Å². The number of thioether (sulfide) groups is 1. The van der Waals surface area contributed by atoms with Gasteiger partial charge in [0.25, 0.3) is 0 Å². The van der Waals surface area contributed by atoms with Gasteiger partial charge in [0.2, 0.25) is 11.0 Å². The molecule has 0 spiro atoms. The van der Waals surface area contributed by atoms with E-state index in [0.717, 1.165) is 41.1 Å². The van der Waals surface area contributed by atoms with E-state index in [4.69, 9.17) is 18.0 Å². The largest absolute Gasteiger partial charge is 0.493 e. The van der Waals surface area contributed by atoms with Crippen LogP contribution in [-0.2, 0) is 6.67 Å². The van der Waals surface area contributed by atoms with Gasteiger partial charge in [-0.3, -0.25) is 9.47 Å². The maximum absolute atomic E-state index is 10.7. The number of hydrogen-bond donors (Lipinski definition) is 2. The second-order valence-electron chi connectivity index (χ2n) is 5.96. The molecule has 1 aliphatic rings. The van der Waals surface area contributed by atoms with Crippen molar-refractivity contribution < 1.29 is 5.11 Å². The molecule has 1 aromatic carbocycles. The fraction of sp³-hybridized carbons (Fsp3) is 0.438. The molecule has 2 heterocycles. The topological polar surface area (TPSA) is 79.1 Å². The van der Waals surface area contributed by atoms with E-state index < -0.39 is 0 Å². The molecule has 0 radical (unpaired) electrons. The first kappa shape index (κ1) is 17.2. The number of thiocarbonyl (C=S) groups is 1. The Hall–Kier alpha value is -1.64. The van der Waals surface area contributed by atoms with Crippen LogP contribution in [0.3, 0.4) is 0 Å². The second-order valence-corrected chi connectivity index (χ2v) is 7.61. The first-order valence-electron chi connectivity index (χ1n) is 7.81. The highest BCUT2D eigenvalue weighted by atomic mass is 32.2. The van der Waals surface area contributed by atoms with Crippen molar-refractivity contribution in [2.24, 2.45) is 16.0 Å². The third-order valence-corrected chi connectivity index (χ3v) is 5.34. The van der Waals surface area contributed by atoms with Crippen LogP contribution in [0.1, 0.15) is 11.1 Å². The quantitative estimate of drug-likeness (QED) is 0.646. The summed E-state index contributed by atoms with van der Waals surface area (Å²) < 4.78 is 1.89. The van der Waals surface area contributed by atoms with Gasteiger partial charge in [0.15, 0.2) is 5.69 Å². The van der Waals surface area contributed by atoms with Gasteiger partial charge in [0.05, 0.1) is 12.2 Å². The van der Waals surface area contributed by atoms with Crippen molar-refractivity contribution in [3.63, 3.8) is 0 Å². The highest BCUT2D eigenvalue weighted by Gasteiger charge is 2.20. The maximum atomic E-state index is 10.7. The third kappa shape index (κ3) is 3.40. The summed E-state index contributed by atoms with van der Waals surface area (Å²) in [5.74, 6) is 2.34. The van der Waals surface area contributed by atoms with Gasteiger partial charge in [0, 0.05) is 30.0 Å². The fourth-order valence-corrected chi connectivity index (χ4v) is 3.88. The lowest BCUT2D eigenvalue weighted by Gasteiger charge is -2.27. The molecule has 0 atom stereocenters. The third-order valence-electron chi connectivity index (χ3n) is 4.32. The first-order chi connectivity index (χ1) is 11.5. The molecule has 128 valence electrons. The van der Waals surface area contributed by atoms with E-state index in [1.807, 2.05) is 29.3 Å². The minimum Gasteiger partial charge on any atom is -0.493 e. The number of hydrogen-bond acceptors (Lipinski definition) is 5. The second kappa shape index (κ2) is 7.08. The Morgan fingerprint density at radius 1 is 1.29 bits per heavy atom. The molecule has 1 aliphatic heterocycles. The summed E-state index contributed by atoms with van der Waals surface area (Å²) in [6.07, 6.45) is 0. The van der Waals surface area contributed by atoms with Crippen LogP contribution in [0.25, 0.3) is 10.9 Å². The lowest BCUT2D eigenvalue weighted by atomic mass is 10.1. The van der Waals surface area contributed by atoms with Crippen molar-refractivity contribution in [3.8, 4) is 5.88 Å². The summed E-state index contributed by atoms with van der Waals surface area (Å²) in [6, 6.07) is 4.11. The molecule has 0 saturated carbocycles. The Balaban J connectivity index is 2.10. The van der Waals surface area contributed by atoms with Crippen LogP contribution in [-0.4, -0.2) is 44.3 Å². The van der Waals surface area contributed by atoms with Crippen molar-refractivity contribution in [2.75, 3.05) is 24.6 Å². The van der Waals surface area contributed by atoms with Crippen molar-refractivity contribution in [1.29, 1.82) is 0 Å². The lowest BCUT2D eigenvalue weighted by molar-refractivity contribution is 0.232. The number of nitrogens with two attached hydrogens (primary N) is 1. The molecule has 0 unspecified atom stereocenters. The Labute approximate surface area is 150 Å². The minimum atomic E-state index is -0.0489. The zero-order valence-corrected chi connectivity index (χ0v) is 15.5. The van der Waals surface area contributed by atoms with Gasteiger partial charge in [-0.1, -0.05) is 0 Å². The molecule has 0 amide bonds. The van der Waals surface area contributed by atoms with Crippen LogP contribution in [0.4, 0.5) is 5.69 Å². The van der Waals surface area contributed by atoms with E-state index in [9.17, 15) is 5.11 Å². The van der Waals surface area contributed by atoms with Crippen LogP contribution < -0.4 is 5.73 Å². The van der Waals surface area contributed by atoms with Crippen LogP contribution in [0.5, 0.6) is 5.88 Å². The van der Waals surface area contributed by atoms with Crippen molar-refractivity contribution >= 4 is 45.7 Å². The average Bonchev–Trinajstić information content (AvgIpc) is 2.79. The summed E-state index contributed by atoms with van der Waals surface area (Å²) in [6.45, 7) is 6.76. The number of benzene rings is 1. The summed E-state index contributed by atoms with van der Waals surface area (Å²) in [5.41, 5.74) is 9.10. The van der Waals surface area contributed by atoms with Gasteiger partial charge in [-0.2, -0.15) is 11.8 Å². The number of aromatic hydroxyl groups is 1. The maximum Gasteiger partial charge on any atom is 0.221 e. The smallest absolute Gasteiger partial charge is 0.221 e. The van der Waals surface area contributed by atoms with E-state index >= 15 is 0 Å². The highest BCUT2D eigenvalue weighted by Crippen LogP contribution is 2.40. The number of aromatic nitrogens is 1. The molecular weight excluding hydrogens is 342 g/mol. The van der Waals surface area contributed by atoms with Crippen molar-refractivity contribution in [3.05, 3.63) is 23.3 Å². The highest BCUT2D eigenvalue weighted by molar-refractivity contribution is 7.99. The molecular formula is C16H21N5OS2. The van der Waals surface area contributed by atoms with Crippen LogP contribution in [0.15, 0.2) is 22.4 Å². The van der Waals surface area contributed by atoms with Crippen LogP contribution in [0, 0.1) is 13.8 Å². The molecule has 8 heteroatoms. The van der Waals surface area contributed by atoms with Gasteiger partial charge in [0.1, 0.15) is 0 Å². The average molecular weight is 364 g/mol. The predicted octanol–water partition coefficient (Wildman–Crippen LogP) is 3.30. The minimum absolute atomic E-state index is 0.0489. The van der Waals surface area contributed by atoms with Gasteiger partial charge in [-0.05, 0) is 49.3 Å². The lowest BCUT2D eigenvalue weighted by Crippen LogP contribution is -2.34. The molecule has 1 fully saturated rings. The fourth-order valence-electron chi connectivity index (χ4n) is 2.86. The number of rotatable bonds is 3. The SMILES string of the molecule is Cc1cc2c(N=NC(N)=S)c(O)n(CN3CCSCC3)c2cc1C. The molecule has 6 nitrogen and oxygen atoms in total. The molecule has 0 bridgehead atoms. The number of azo groups is 1. The molecule has 3 rings (SSSR count). The van der Waals surface area contributed by atoms with E-state index in [1.54, 1.807) is 0 Å². The number of aryl methyl sites for hydroxylation is 2. The van der Waals surface area contributed by atoms with Gasteiger partial charge < -0.3 is 10.8 Å². The molecule has 2 aromatic rings. The zero-order valence-electron chi connectivity index (χ0n) is 13.8. The molecule has 1 aromatic heterocycles. The van der Waals surface area contributed by atoms with Crippen LogP contribution >= 0.6 is 24.0 Å². The number of nitrogens with zero attached hydrogens (tertiary/aromatic N) is 4. The Morgan fingerprint density at radius 2 is 1.96 bits per heavy atom. The predicted molar refractivity (Wildman–Crippen MR) is 103 cm³/mol. The summed E-state index contributed by atoms with van der Waals surface area (Å²) in [5, 5.41) is 19.4. The van der Waals surface area contributed by atoms with Gasteiger partial charge in [-0.15, -0.1) is 10.2 Å². The van der Waals surface area contributed by atoms with Crippen LogP contribution in [0.2, 0.25) is 0 Å².